The minimum Gasteiger partial charge on any atom is -0.481 e. The van der Waals surface area contributed by atoms with Crippen LogP contribution >= 0.6 is 0 Å². The molecule has 0 aromatic heterocycles. The van der Waals surface area contributed by atoms with Crippen molar-refractivity contribution >= 4 is 27.4 Å². The van der Waals surface area contributed by atoms with E-state index < -0.39 is 26.6 Å². The second kappa shape index (κ2) is 6.50. The number of nitrogens with zero attached hydrogens (tertiary/aromatic N) is 2. The van der Waals surface area contributed by atoms with Gasteiger partial charge in [-0.25, -0.2) is 12.7 Å². The molecule has 0 fully saturated rings. The Labute approximate surface area is 121 Å². The smallest absolute Gasteiger partial charge is 0.305 e. The van der Waals surface area contributed by atoms with Crippen LogP contribution < -0.4 is 5.32 Å². The van der Waals surface area contributed by atoms with Crippen LogP contribution in [0.15, 0.2) is 23.1 Å². The maximum absolute atomic E-state index is 11.9. The van der Waals surface area contributed by atoms with Crippen LogP contribution in [0.5, 0.6) is 0 Å². The van der Waals surface area contributed by atoms with Crippen LogP contribution in [0.3, 0.4) is 0 Å². The zero-order valence-corrected chi connectivity index (χ0v) is 12.3. The lowest BCUT2D eigenvalue weighted by atomic mass is 10.2. The summed E-state index contributed by atoms with van der Waals surface area (Å²) in [6, 6.07) is 3.42. The van der Waals surface area contributed by atoms with Gasteiger partial charge in [-0.15, -0.1) is 0 Å². The maximum atomic E-state index is 11.9. The molecular weight excluding hydrogens is 302 g/mol. The average molecular weight is 317 g/mol. The van der Waals surface area contributed by atoms with Crippen LogP contribution in [-0.4, -0.2) is 49.4 Å². The highest BCUT2D eigenvalue weighted by Gasteiger charge is 2.23. The molecule has 0 radical (unpaired) electrons. The first kappa shape index (κ1) is 16.9. The molecule has 0 spiro atoms. The van der Waals surface area contributed by atoms with E-state index in [1.54, 1.807) is 0 Å². The molecule has 0 amide bonds. The number of aliphatic carboxylic acids is 1. The van der Waals surface area contributed by atoms with Crippen LogP contribution in [-0.2, 0) is 14.8 Å². The number of hydrogen-bond acceptors (Lipinski definition) is 6. The highest BCUT2D eigenvalue weighted by Crippen LogP contribution is 2.28. The summed E-state index contributed by atoms with van der Waals surface area (Å²) in [5.74, 6) is -1.04. The van der Waals surface area contributed by atoms with E-state index in [-0.39, 0.29) is 23.5 Å². The summed E-state index contributed by atoms with van der Waals surface area (Å²) in [7, 11) is -1.14. The monoisotopic (exact) mass is 317 g/mol. The van der Waals surface area contributed by atoms with Crippen LogP contribution in [0, 0.1) is 10.1 Å². The van der Waals surface area contributed by atoms with Crippen LogP contribution in [0.1, 0.15) is 6.42 Å². The SMILES string of the molecule is CN(C)S(=O)(=O)c1ccc(NCCC(=O)O)c([N+](=O)[O-])c1. The lowest BCUT2D eigenvalue weighted by Crippen LogP contribution is -2.22. The molecule has 0 unspecified atom stereocenters. The number of nitro benzene ring substituents is 1. The quantitative estimate of drug-likeness (QED) is 0.560. The minimum absolute atomic E-state index is 0.00402. The Hall–Kier alpha value is -2.20. The third-order valence-electron chi connectivity index (χ3n) is 2.60. The molecule has 1 aromatic carbocycles. The Balaban J connectivity index is 3.14. The molecule has 0 heterocycles. The summed E-state index contributed by atoms with van der Waals surface area (Å²) < 4.78 is 24.8. The standard InChI is InChI=1S/C11H15N3O6S/c1-13(2)21(19,20)8-3-4-9(10(7-8)14(17)18)12-6-5-11(15)16/h3-4,7,12H,5-6H2,1-2H3,(H,15,16). The van der Waals surface area contributed by atoms with Crippen molar-refractivity contribution in [3.8, 4) is 0 Å². The molecule has 116 valence electrons. The molecular formula is C11H15N3O6S. The summed E-state index contributed by atoms with van der Waals surface area (Å²) in [4.78, 5) is 20.5. The summed E-state index contributed by atoms with van der Waals surface area (Å²) in [6.45, 7) is -0.00402. The first-order valence-electron chi connectivity index (χ1n) is 5.83. The summed E-state index contributed by atoms with van der Waals surface area (Å²) in [5, 5.41) is 22.1. The molecule has 0 aliphatic carbocycles. The summed E-state index contributed by atoms with van der Waals surface area (Å²) in [6.07, 6.45) is -0.213. The van der Waals surface area contributed by atoms with Crippen molar-refractivity contribution in [3.05, 3.63) is 28.3 Å². The van der Waals surface area contributed by atoms with Crippen molar-refractivity contribution in [1.82, 2.24) is 4.31 Å². The molecule has 1 aromatic rings. The van der Waals surface area contributed by atoms with E-state index in [1.807, 2.05) is 0 Å². The number of sulfonamides is 1. The number of nitro groups is 1. The van der Waals surface area contributed by atoms with Gasteiger partial charge >= 0.3 is 5.97 Å². The van der Waals surface area contributed by atoms with E-state index in [2.05, 4.69) is 5.32 Å². The number of hydrogen-bond donors (Lipinski definition) is 2. The van der Waals surface area contributed by atoms with Crippen molar-refractivity contribution < 1.29 is 23.2 Å². The molecule has 10 heteroatoms. The predicted octanol–water partition coefficient (Wildman–Crippen LogP) is 0.732. The van der Waals surface area contributed by atoms with E-state index >= 15 is 0 Å². The fourth-order valence-corrected chi connectivity index (χ4v) is 2.41. The Kier molecular flexibility index (Phi) is 5.22. The molecule has 9 nitrogen and oxygen atoms in total. The van der Waals surface area contributed by atoms with Gasteiger partial charge in [-0.05, 0) is 12.1 Å². The predicted molar refractivity (Wildman–Crippen MR) is 74.7 cm³/mol. The number of nitrogens with one attached hydrogen (secondary N) is 1. The van der Waals surface area contributed by atoms with Crippen molar-refractivity contribution in [2.45, 2.75) is 11.3 Å². The number of carboxylic acid groups (broad SMARTS) is 1. The third kappa shape index (κ3) is 4.13. The molecule has 0 saturated carbocycles. The zero-order chi connectivity index (χ0) is 16.2. The molecule has 1 rings (SSSR count). The maximum Gasteiger partial charge on any atom is 0.305 e. The fraction of sp³-hybridized carbons (Fsp3) is 0.364. The van der Waals surface area contributed by atoms with Gasteiger partial charge in [-0.3, -0.25) is 14.9 Å². The lowest BCUT2D eigenvalue weighted by molar-refractivity contribution is -0.384. The summed E-state index contributed by atoms with van der Waals surface area (Å²) in [5.41, 5.74) is -0.359. The van der Waals surface area contributed by atoms with Gasteiger partial charge in [-0.1, -0.05) is 0 Å². The van der Waals surface area contributed by atoms with Crippen molar-refractivity contribution in [3.63, 3.8) is 0 Å². The molecule has 0 saturated heterocycles. The molecule has 21 heavy (non-hydrogen) atoms. The largest absolute Gasteiger partial charge is 0.481 e. The molecule has 2 N–H and O–H groups in total. The number of rotatable bonds is 7. The Morgan fingerprint density at radius 2 is 2.05 bits per heavy atom. The van der Waals surface area contributed by atoms with Gasteiger partial charge < -0.3 is 10.4 Å². The molecule has 0 bridgehead atoms. The topological polar surface area (TPSA) is 130 Å². The van der Waals surface area contributed by atoms with E-state index in [0.717, 1.165) is 10.4 Å². The third-order valence-corrected chi connectivity index (χ3v) is 4.41. The summed E-state index contributed by atoms with van der Waals surface area (Å²) >= 11 is 0. The Bertz CT molecular complexity index is 656. The van der Waals surface area contributed by atoms with Gasteiger partial charge in [0.15, 0.2) is 0 Å². The van der Waals surface area contributed by atoms with Gasteiger partial charge in [0.1, 0.15) is 5.69 Å². The Morgan fingerprint density at radius 1 is 1.43 bits per heavy atom. The fourth-order valence-electron chi connectivity index (χ4n) is 1.49. The van der Waals surface area contributed by atoms with E-state index in [1.165, 1.54) is 26.2 Å². The number of carbonyl (C=O) groups is 1. The van der Waals surface area contributed by atoms with Crippen molar-refractivity contribution in [2.75, 3.05) is 26.0 Å². The first-order valence-corrected chi connectivity index (χ1v) is 7.27. The zero-order valence-electron chi connectivity index (χ0n) is 11.4. The highest BCUT2D eigenvalue weighted by atomic mass is 32.2. The van der Waals surface area contributed by atoms with Crippen LogP contribution in [0.4, 0.5) is 11.4 Å². The van der Waals surface area contributed by atoms with Gasteiger partial charge in [0.25, 0.3) is 5.69 Å². The molecule has 0 atom stereocenters. The first-order chi connectivity index (χ1) is 9.66. The van der Waals surface area contributed by atoms with E-state index in [0.29, 0.717) is 0 Å². The second-order valence-corrected chi connectivity index (χ2v) is 6.45. The number of anilines is 1. The van der Waals surface area contributed by atoms with Gasteiger partial charge in [-0.2, -0.15) is 0 Å². The highest BCUT2D eigenvalue weighted by molar-refractivity contribution is 7.89. The Morgan fingerprint density at radius 3 is 2.52 bits per heavy atom. The minimum atomic E-state index is -3.78. The van der Waals surface area contributed by atoms with Crippen molar-refractivity contribution in [2.24, 2.45) is 0 Å². The normalized spacial score (nSPS) is 11.4. The van der Waals surface area contributed by atoms with Gasteiger partial charge in [0.05, 0.1) is 16.2 Å². The van der Waals surface area contributed by atoms with Crippen molar-refractivity contribution in [1.29, 1.82) is 0 Å². The average Bonchev–Trinajstić information content (AvgIpc) is 2.37. The number of benzene rings is 1. The van der Waals surface area contributed by atoms with Crippen LogP contribution in [0.2, 0.25) is 0 Å². The van der Waals surface area contributed by atoms with Gasteiger partial charge in [0, 0.05) is 26.7 Å². The van der Waals surface area contributed by atoms with E-state index in [4.69, 9.17) is 5.11 Å². The molecule has 0 aliphatic heterocycles. The van der Waals surface area contributed by atoms with Gasteiger partial charge in [0.2, 0.25) is 10.0 Å². The molecule has 0 aliphatic rings. The second-order valence-electron chi connectivity index (χ2n) is 4.29. The lowest BCUT2D eigenvalue weighted by Gasteiger charge is -2.12. The number of carboxylic acids is 1. The van der Waals surface area contributed by atoms with E-state index in [9.17, 15) is 23.3 Å². The van der Waals surface area contributed by atoms with Crippen LogP contribution in [0.25, 0.3) is 0 Å².